The average Bonchev–Trinajstić information content (AvgIpc) is 1.90. The summed E-state index contributed by atoms with van der Waals surface area (Å²) in [6, 6.07) is 0. The number of nitrogens with zero attached hydrogens (tertiary/aromatic N) is 2. The van der Waals surface area contributed by atoms with Crippen LogP contribution in [0.5, 0.6) is 0 Å². The van der Waals surface area contributed by atoms with Crippen molar-refractivity contribution in [2.24, 2.45) is 4.99 Å². The SMILES string of the molecule is ONN1C=CC=NC1. The highest BCUT2D eigenvalue weighted by Gasteiger charge is 1.93. The van der Waals surface area contributed by atoms with E-state index >= 15 is 0 Å². The molecule has 0 aliphatic carbocycles. The van der Waals surface area contributed by atoms with Crippen LogP contribution in [-0.2, 0) is 0 Å². The summed E-state index contributed by atoms with van der Waals surface area (Å²) in [5.74, 6) is 0. The molecule has 2 N–H and O–H groups in total. The lowest BCUT2D eigenvalue weighted by Crippen LogP contribution is -2.31. The molecule has 0 atom stereocenters. The van der Waals surface area contributed by atoms with Gasteiger partial charge in [0.1, 0.15) is 6.67 Å². The molecule has 4 nitrogen and oxygen atoms in total. The third-order valence-electron chi connectivity index (χ3n) is 0.820. The number of hydrogen-bond acceptors (Lipinski definition) is 4. The van der Waals surface area contributed by atoms with Gasteiger partial charge in [0, 0.05) is 12.4 Å². The molecule has 0 unspecified atom stereocenters. The second kappa shape index (κ2) is 2.44. The summed E-state index contributed by atoms with van der Waals surface area (Å²) in [6.07, 6.45) is 5.09. The van der Waals surface area contributed by atoms with Gasteiger partial charge in [-0.3, -0.25) is 15.2 Å². The maximum atomic E-state index is 8.24. The first kappa shape index (κ1) is 5.27. The Bertz CT molecular complexity index is 120. The fourth-order valence-corrected chi connectivity index (χ4v) is 0.450. The Labute approximate surface area is 47.1 Å². The van der Waals surface area contributed by atoms with E-state index in [1.165, 1.54) is 5.01 Å². The Hall–Kier alpha value is -0.870. The van der Waals surface area contributed by atoms with E-state index in [2.05, 4.69) is 4.99 Å². The van der Waals surface area contributed by atoms with E-state index in [-0.39, 0.29) is 0 Å². The second-order valence-corrected chi connectivity index (χ2v) is 1.38. The molecule has 0 fully saturated rings. The van der Waals surface area contributed by atoms with Crippen molar-refractivity contribution in [3.8, 4) is 0 Å². The van der Waals surface area contributed by atoms with E-state index in [4.69, 9.17) is 5.21 Å². The summed E-state index contributed by atoms with van der Waals surface area (Å²) in [6.45, 7) is 0.465. The van der Waals surface area contributed by atoms with Crippen LogP contribution >= 0.6 is 0 Å². The predicted molar refractivity (Wildman–Crippen MR) is 29.3 cm³/mol. The van der Waals surface area contributed by atoms with Crippen molar-refractivity contribution in [3.63, 3.8) is 0 Å². The Balaban J connectivity index is 2.40. The molecule has 8 heavy (non-hydrogen) atoms. The van der Waals surface area contributed by atoms with Crippen LogP contribution in [0, 0.1) is 0 Å². The summed E-state index contributed by atoms with van der Waals surface area (Å²) in [7, 11) is 0. The summed E-state index contributed by atoms with van der Waals surface area (Å²) < 4.78 is 0. The fourth-order valence-electron chi connectivity index (χ4n) is 0.450. The first-order valence-corrected chi connectivity index (χ1v) is 2.26. The van der Waals surface area contributed by atoms with Gasteiger partial charge in [-0.15, -0.1) is 5.59 Å². The van der Waals surface area contributed by atoms with Gasteiger partial charge in [-0.2, -0.15) is 0 Å². The van der Waals surface area contributed by atoms with Gasteiger partial charge in [0.15, 0.2) is 0 Å². The van der Waals surface area contributed by atoms with Crippen LogP contribution in [0.2, 0.25) is 0 Å². The van der Waals surface area contributed by atoms with Crippen LogP contribution in [0.25, 0.3) is 0 Å². The molecule has 0 saturated carbocycles. The van der Waals surface area contributed by atoms with E-state index in [1.807, 2.05) is 5.59 Å². The molecule has 0 radical (unpaired) electrons. The van der Waals surface area contributed by atoms with Crippen LogP contribution in [0.15, 0.2) is 17.3 Å². The quantitative estimate of drug-likeness (QED) is 0.460. The molecule has 1 heterocycles. The topological polar surface area (TPSA) is 47.9 Å². The highest BCUT2D eigenvalue weighted by molar-refractivity contribution is 5.71. The third-order valence-corrected chi connectivity index (χ3v) is 0.820. The third kappa shape index (κ3) is 1.05. The van der Waals surface area contributed by atoms with Gasteiger partial charge >= 0.3 is 0 Å². The lowest BCUT2D eigenvalue weighted by Gasteiger charge is -2.15. The molecule has 0 aromatic heterocycles. The minimum Gasteiger partial charge on any atom is -0.297 e. The Morgan fingerprint density at radius 2 is 2.62 bits per heavy atom. The number of aliphatic imine (C=N–C) groups is 1. The van der Waals surface area contributed by atoms with Gasteiger partial charge in [0.2, 0.25) is 0 Å². The minimum atomic E-state index is 0.465. The smallest absolute Gasteiger partial charge is 0.126 e. The predicted octanol–water partition coefficient (Wildman–Crippen LogP) is -0.262. The van der Waals surface area contributed by atoms with Gasteiger partial charge < -0.3 is 0 Å². The first-order chi connectivity index (χ1) is 3.93. The van der Waals surface area contributed by atoms with Crippen molar-refractivity contribution < 1.29 is 5.21 Å². The van der Waals surface area contributed by atoms with Gasteiger partial charge in [0.05, 0.1) is 0 Å². The summed E-state index contributed by atoms with van der Waals surface area (Å²) >= 11 is 0. The number of nitrogens with one attached hydrogen (secondary N) is 1. The van der Waals surface area contributed by atoms with Crippen molar-refractivity contribution in [3.05, 3.63) is 12.3 Å². The largest absolute Gasteiger partial charge is 0.297 e. The number of rotatable bonds is 1. The average molecular weight is 113 g/mol. The van der Waals surface area contributed by atoms with Crippen LogP contribution in [0.1, 0.15) is 0 Å². The van der Waals surface area contributed by atoms with Crippen LogP contribution in [0.4, 0.5) is 0 Å². The molecule has 1 rings (SSSR count). The Morgan fingerprint density at radius 3 is 3.00 bits per heavy atom. The van der Waals surface area contributed by atoms with Crippen molar-refractivity contribution >= 4 is 6.21 Å². The molecule has 0 saturated heterocycles. The normalized spacial score (nSPS) is 17.4. The van der Waals surface area contributed by atoms with Gasteiger partial charge in [-0.25, -0.2) is 0 Å². The number of hydrazine groups is 1. The standard InChI is InChI=1S/C4H7N3O/c8-6-7-3-1-2-5-4-7/h1-3,6,8H,4H2. The highest BCUT2D eigenvalue weighted by atomic mass is 16.5. The van der Waals surface area contributed by atoms with Crippen LogP contribution < -0.4 is 5.59 Å². The number of allylic oxidation sites excluding steroid dienone is 1. The molecule has 44 valence electrons. The lowest BCUT2D eigenvalue weighted by molar-refractivity contribution is 0.0163. The summed E-state index contributed by atoms with van der Waals surface area (Å²) in [5, 5.41) is 9.69. The van der Waals surface area contributed by atoms with Crippen LogP contribution in [-0.4, -0.2) is 23.1 Å². The summed E-state index contributed by atoms with van der Waals surface area (Å²) in [5.41, 5.74) is 1.94. The van der Waals surface area contributed by atoms with E-state index in [9.17, 15) is 0 Å². The van der Waals surface area contributed by atoms with Crippen molar-refractivity contribution in [2.75, 3.05) is 6.67 Å². The monoisotopic (exact) mass is 113 g/mol. The summed E-state index contributed by atoms with van der Waals surface area (Å²) in [4.78, 5) is 3.82. The van der Waals surface area contributed by atoms with Crippen molar-refractivity contribution in [2.45, 2.75) is 0 Å². The van der Waals surface area contributed by atoms with Gasteiger partial charge in [-0.1, -0.05) is 0 Å². The van der Waals surface area contributed by atoms with Crippen molar-refractivity contribution in [1.29, 1.82) is 0 Å². The maximum Gasteiger partial charge on any atom is 0.126 e. The van der Waals surface area contributed by atoms with Gasteiger partial charge in [0.25, 0.3) is 0 Å². The second-order valence-electron chi connectivity index (χ2n) is 1.38. The molecule has 0 amide bonds. The molecule has 0 bridgehead atoms. The molecule has 1 aliphatic heterocycles. The lowest BCUT2D eigenvalue weighted by atomic mass is 10.6. The van der Waals surface area contributed by atoms with Gasteiger partial charge in [-0.05, 0) is 6.08 Å². The molecule has 1 aliphatic rings. The zero-order chi connectivity index (χ0) is 5.82. The molecule has 4 heteroatoms. The van der Waals surface area contributed by atoms with E-state index < -0.39 is 0 Å². The van der Waals surface area contributed by atoms with E-state index in [0.717, 1.165) is 0 Å². The van der Waals surface area contributed by atoms with Crippen LogP contribution in [0.3, 0.4) is 0 Å². The zero-order valence-electron chi connectivity index (χ0n) is 4.28. The Morgan fingerprint density at radius 1 is 1.75 bits per heavy atom. The number of hydrogen-bond donors (Lipinski definition) is 2. The Kier molecular flexibility index (Phi) is 1.61. The molecular formula is C4H7N3O. The molecule has 0 aromatic carbocycles. The van der Waals surface area contributed by atoms with Crippen molar-refractivity contribution in [1.82, 2.24) is 10.6 Å². The molecular weight excluding hydrogens is 106 g/mol. The minimum absolute atomic E-state index is 0.465. The van der Waals surface area contributed by atoms with E-state index in [1.54, 1.807) is 18.5 Å². The zero-order valence-corrected chi connectivity index (χ0v) is 4.28. The highest BCUT2D eigenvalue weighted by Crippen LogP contribution is 1.87. The van der Waals surface area contributed by atoms with E-state index in [0.29, 0.717) is 6.67 Å². The fraction of sp³-hybridized carbons (Fsp3) is 0.250. The maximum absolute atomic E-state index is 8.24. The molecule has 0 spiro atoms. The molecule has 0 aromatic rings. The first-order valence-electron chi connectivity index (χ1n) is 2.26.